The van der Waals surface area contributed by atoms with E-state index in [1.165, 1.54) is 12.1 Å². The number of sulfonamides is 1. The first kappa shape index (κ1) is 24.9. The van der Waals surface area contributed by atoms with Gasteiger partial charge in [0.1, 0.15) is 6.04 Å². The van der Waals surface area contributed by atoms with Gasteiger partial charge in [-0.25, -0.2) is 8.42 Å². The van der Waals surface area contributed by atoms with Crippen LogP contribution in [0.5, 0.6) is 0 Å². The van der Waals surface area contributed by atoms with Crippen molar-refractivity contribution in [3.8, 4) is 11.1 Å². The highest BCUT2D eigenvalue weighted by Gasteiger charge is 2.26. The number of carbonyl (C=O) groups is 2. The van der Waals surface area contributed by atoms with Crippen LogP contribution >= 0.6 is 0 Å². The van der Waals surface area contributed by atoms with Crippen molar-refractivity contribution in [2.24, 2.45) is 0 Å². The number of carboxylic acids is 1. The first-order chi connectivity index (χ1) is 16.2. The average Bonchev–Trinajstić information content (AvgIpc) is 2.82. The Morgan fingerprint density at radius 1 is 0.882 bits per heavy atom. The zero-order chi connectivity index (χ0) is 24.7. The van der Waals surface area contributed by atoms with E-state index in [0.29, 0.717) is 5.69 Å². The molecule has 0 aliphatic carbocycles. The number of rotatable bonds is 10. The average molecular weight is 482 g/mol. The van der Waals surface area contributed by atoms with Gasteiger partial charge in [0, 0.05) is 31.9 Å². The van der Waals surface area contributed by atoms with Crippen LogP contribution in [0.15, 0.2) is 83.8 Å². The number of amides is 1. The number of carbonyl (C=O) groups excluding carboxylic acids is 1. The monoisotopic (exact) mass is 481 g/mol. The molecule has 3 aromatic carbocycles. The summed E-state index contributed by atoms with van der Waals surface area (Å²) in [4.78, 5) is 25.7. The van der Waals surface area contributed by atoms with Gasteiger partial charge in [0.15, 0.2) is 0 Å². The molecule has 178 valence electrons. The van der Waals surface area contributed by atoms with Gasteiger partial charge in [-0.05, 0) is 53.9 Å². The number of aliphatic carboxylic acids is 1. The van der Waals surface area contributed by atoms with Crippen molar-refractivity contribution < 1.29 is 23.1 Å². The molecule has 9 heteroatoms. The highest BCUT2D eigenvalue weighted by molar-refractivity contribution is 7.89. The van der Waals surface area contributed by atoms with Crippen LogP contribution in [-0.4, -0.2) is 45.5 Å². The highest BCUT2D eigenvalue weighted by Crippen LogP contribution is 2.24. The molecule has 0 spiro atoms. The fraction of sp³-hybridized carbons (Fsp3) is 0.200. The number of hydrogen-bond acceptors (Lipinski definition) is 5. The maximum Gasteiger partial charge on any atom is 0.321 e. The van der Waals surface area contributed by atoms with Gasteiger partial charge in [-0.2, -0.15) is 4.72 Å². The molecular weight excluding hydrogens is 454 g/mol. The van der Waals surface area contributed by atoms with Crippen molar-refractivity contribution in [3.05, 3.63) is 78.9 Å². The van der Waals surface area contributed by atoms with Gasteiger partial charge in [0.2, 0.25) is 15.9 Å². The van der Waals surface area contributed by atoms with Crippen LogP contribution in [0.25, 0.3) is 11.1 Å². The lowest BCUT2D eigenvalue weighted by Crippen LogP contribution is -2.41. The molecule has 8 nitrogen and oxygen atoms in total. The van der Waals surface area contributed by atoms with Crippen LogP contribution in [-0.2, 0) is 19.6 Å². The molecule has 0 heterocycles. The number of nitrogens with zero attached hydrogens (tertiary/aromatic N) is 1. The summed E-state index contributed by atoms with van der Waals surface area (Å²) in [7, 11) is -0.205. The molecule has 0 aromatic heterocycles. The lowest BCUT2D eigenvalue weighted by atomic mass is 10.1. The number of nitrogens with one attached hydrogen (secondary N) is 2. The molecule has 0 saturated carbocycles. The molecule has 1 atom stereocenters. The summed E-state index contributed by atoms with van der Waals surface area (Å²) in [5.74, 6) is -1.75. The molecule has 0 aliphatic heterocycles. The minimum Gasteiger partial charge on any atom is -0.480 e. The van der Waals surface area contributed by atoms with Crippen LogP contribution < -0.4 is 14.9 Å². The van der Waals surface area contributed by atoms with Gasteiger partial charge in [-0.1, -0.05) is 42.5 Å². The minimum atomic E-state index is -4.10. The summed E-state index contributed by atoms with van der Waals surface area (Å²) in [5.41, 5.74) is 3.38. The standard InChI is InChI=1S/C25H27N3O5S/c1-28(2)21-12-8-18(9-13-21)19-10-14-22(15-11-19)34(32,33)27-23(25(30)31)16-17-24(29)26-20-6-4-3-5-7-20/h3-15,23,27H,16-17H2,1-2H3,(H,26,29)(H,30,31)/t23-/m0/s1. The van der Waals surface area contributed by atoms with Gasteiger partial charge in [-0.3, -0.25) is 9.59 Å². The Morgan fingerprint density at radius 2 is 1.44 bits per heavy atom. The first-order valence-corrected chi connectivity index (χ1v) is 12.1. The molecular formula is C25H27N3O5S. The number of carboxylic acid groups (broad SMARTS) is 1. The number of para-hydroxylation sites is 1. The number of hydrogen-bond donors (Lipinski definition) is 3. The van der Waals surface area contributed by atoms with Crippen molar-refractivity contribution >= 4 is 33.3 Å². The summed E-state index contributed by atoms with van der Waals surface area (Å²) in [5, 5.41) is 12.1. The van der Waals surface area contributed by atoms with E-state index in [9.17, 15) is 23.1 Å². The van der Waals surface area contributed by atoms with Crippen molar-refractivity contribution in [3.63, 3.8) is 0 Å². The predicted molar refractivity (Wildman–Crippen MR) is 132 cm³/mol. The van der Waals surface area contributed by atoms with Crippen LogP contribution in [0, 0.1) is 0 Å². The van der Waals surface area contributed by atoms with Gasteiger partial charge < -0.3 is 15.3 Å². The lowest BCUT2D eigenvalue weighted by Gasteiger charge is -2.15. The molecule has 0 unspecified atom stereocenters. The van der Waals surface area contributed by atoms with Crippen LogP contribution in [0.3, 0.4) is 0 Å². The fourth-order valence-corrected chi connectivity index (χ4v) is 4.51. The van der Waals surface area contributed by atoms with E-state index in [1.807, 2.05) is 43.3 Å². The maximum absolute atomic E-state index is 12.8. The molecule has 34 heavy (non-hydrogen) atoms. The van der Waals surface area contributed by atoms with E-state index >= 15 is 0 Å². The first-order valence-electron chi connectivity index (χ1n) is 10.6. The Bertz CT molecular complexity index is 1230. The second-order valence-corrected chi connectivity index (χ2v) is 9.64. The van der Waals surface area contributed by atoms with Crippen LogP contribution in [0.1, 0.15) is 12.8 Å². The minimum absolute atomic E-state index is 0.0545. The Balaban J connectivity index is 1.65. The summed E-state index contributed by atoms with van der Waals surface area (Å²) >= 11 is 0. The van der Waals surface area contributed by atoms with Crippen molar-refractivity contribution in [2.45, 2.75) is 23.8 Å². The van der Waals surface area contributed by atoms with Crippen molar-refractivity contribution in [1.82, 2.24) is 4.72 Å². The Labute approximate surface area is 199 Å². The van der Waals surface area contributed by atoms with Gasteiger partial charge in [0.05, 0.1) is 4.90 Å². The smallest absolute Gasteiger partial charge is 0.321 e. The van der Waals surface area contributed by atoms with E-state index in [2.05, 4.69) is 10.0 Å². The quantitative estimate of drug-likeness (QED) is 0.408. The summed E-state index contributed by atoms with van der Waals surface area (Å²) in [6.07, 6.45) is -0.347. The molecule has 0 aliphatic rings. The van der Waals surface area contributed by atoms with Gasteiger partial charge in [-0.15, -0.1) is 0 Å². The predicted octanol–water partition coefficient (Wildman–Crippen LogP) is 3.57. The van der Waals surface area contributed by atoms with E-state index < -0.39 is 27.9 Å². The zero-order valence-electron chi connectivity index (χ0n) is 18.9. The Hall–Kier alpha value is -3.69. The second-order valence-electron chi connectivity index (χ2n) is 7.93. The molecule has 0 saturated heterocycles. The highest BCUT2D eigenvalue weighted by atomic mass is 32.2. The Morgan fingerprint density at radius 3 is 1.97 bits per heavy atom. The summed E-state index contributed by atoms with van der Waals surface area (Å²) in [6.45, 7) is 0. The number of anilines is 2. The lowest BCUT2D eigenvalue weighted by molar-refractivity contribution is -0.139. The molecule has 0 radical (unpaired) electrons. The second kappa shape index (κ2) is 11.0. The molecule has 0 fully saturated rings. The van der Waals surface area contributed by atoms with Gasteiger partial charge >= 0.3 is 5.97 Å². The van der Waals surface area contributed by atoms with E-state index in [0.717, 1.165) is 16.8 Å². The van der Waals surface area contributed by atoms with Crippen molar-refractivity contribution in [2.75, 3.05) is 24.3 Å². The molecule has 3 aromatic rings. The van der Waals surface area contributed by atoms with Crippen LogP contribution in [0.2, 0.25) is 0 Å². The van der Waals surface area contributed by atoms with E-state index in [1.54, 1.807) is 42.5 Å². The Kier molecular flexibility index (Phi) is 8.04. The molecule has 3 rings (SSSR count). The molecule has 0 bridgehead atoms. The van der Waals surface area contributed by atoms with E-state index in [4.69, 9.17) is 0 Å². The SMILES string of the molecule is CN(C)c1ccc(-c2ccc(S(=O)(=O)N[C@@H](CCC(=O)Nc3ccccc3)C(=O)O)cc2)cc1. The largest absolute Gasteiger partial charge is 0.480 e. The molecule has 1 amide bonds. The molecule has 3 N–H and O–H groups in total. The van der Waals surface area contributed by atoms with E-state index in [-0.39, 0.29) is 17.7 Å². The third-order valence-corrected chi connectivity index (χ3v) is 6.68. The summed E-state index contributed by atoms with van der Waals surface area (Å²) < 4.78 is 27.7. The number of benzene rings is 3. The van der Waals surface area contributed by atoms with Crippen LogP contribution in [0.4, 0.5) is 11.4 Å². The van der Waals surface area contributed by atoms with Crippen molar-refractivity contribution in [1.29, 1.82) is 0 Å². The topological polar surface area (TPSA) is 116 Å². The third kappa shape index (κ3) is 6.66. The third-order valence-electron chi connectivity index (χ3n) is 5.19. The summed E-state index contributed by atoms with van der Waals surface area (Å²) in [6, 6.07) is 21.3. The normalized spacial score (nSPS) is 12.1. The fourth-order valence-electron chi connectivity index (χ4n) is 3.29. The maximum atomic E-state index is 12.8. The zero-order valence-corrected chi connectivity index (χ0v) is 19.7. The van der Waals surface area contributed by atoms with Gasteiger partial charge in [0.25, 0.3) is 0 Å².